The summed E-state index contributed by atoms with van der Waals surface area (Å²) in [6, 6.07) is 15.2. The lowest BCUT2D eigenvalue weighted by molar-refractivity contribution is -0.139. The number of ether oxygens (including phenoxy) is 1. The summed E-state index contributed by atoms with van der Waals surface area (Å²) in [5.41, 5.74) is 4.14. The first-order valence-electron chi connectivity index (χ1n) is 10.6. The number of carboxylic acid groups (broad SMARTS) is 1. The molecule has 30 heavy (non-hydrogen) atoms. The van der Waals surface area contributed by atoms with Gasteiger partial charge in [0.25, 0.3) is 0 Å². The molecule has 4 rings (SSSR count). The second-order valence-corrected chi connectivity index (χ2v) is 7.71. The van der Waals surface area contributed by atoms with Crippen LogP contribution in [0.3, 0.4) is 0 Å². The number of aliphatic carboxylic acids is 1. The van der Waals surface area contributed by atoms with Crippen molar-refractivity contribution < 1.29 is 14.6 Å². The quantitative estimate of drug-likeness (QED) is 0.532. The molecule has 0 saturated heterocycles. The molecule has 0 saturated carbocycles. The van der Waals surface area contributed by atoms with Crippen LogP contribution in [-0.4, -0.2) is 53.2 Å². The highest BCUT2D eigenvalue weighted by atomic mass is 16.5. The van der Waals surface area contributed by atoms with E-state index in [2.05, 4.69) is 35.1 Å². The van der Waals surface area contributed by atoms with E-state index in [1.54, 1.807) is 0 Å². The summed E-state index contributed by atoms with van der Waals surface area (Å²) in [6.45, 7) is 7.81. The van der Waals surface area contributed by atoms with E-state index in [9.17, 15) is 9.90 Å². The number of rotatable bonds is 8. The normalized spacial score (nSPS) is 18.5. The lowest BCUT2D eigenvalue weighted by Gasteiger charge is -2.29. The molecule has 1 aromatic heterocycles. The second kappa shape index (κ2) is 8.90. The Balaban J connectivity index is 1.62. The number of likely N-dealkylation sites (N-methyl/N-ethyl adjacent to an activating group) is 1. The Morgan fingerprint density at radius 3 is 2.73 bits per heavy atom. The molecule has 2 unspecified atom stereocenters. The third-order valence-corrected chi connectivity index (χ3v) is 5.97. The average molecular weight is 408 g/mol. The minimum Gasteiger partial charge on any atom is -0.492 e. The van der Waals surface area contributed by atoms with Crippen molar-refractivity contribution in [2.45, 2.75) is 32.4 Å². The molecule has 0 radical (unpaired) electrons. The first kappa shape index (κ1) is 20.4. The van der Waals surface area contributed by atoms with Gasteiger partial charge >= 0.3 is 5.97 Å². The van der Waals surface area contributed by atoms with Crippen molar-refractivity contribution in [3.63, 3.8) is 0 Å². The van der Waals surface area contributed by atoms with E-state index in [4.69, 9.17) is 4.74 Å². The third-order valence-electron chi connectivity index (χ3n) is 5.97. The van der Waals surface area contributed by atoms with Gasteiger partial charge in [0.1, 0.15) is 18.4 Å². The molecule has 6 nitrogen and oxygen atoms in total. The number of hydrogen-bond acceptors (Lipinski definition) is 4. The minimum atomic E-state index is -0.831. The number of carbonyl (C=O) groups is 1. The number of benzene rings is 2. The van der Waals surface area contributed by atoms with Crippen molar-refractivity contribution >= 4 is 16.9 Å². The molecule has 6 heteroatoms. The van der Waals surface area contributed by atoms with Crippen LogP contribution in [0, 0.1) is 0 Å². The first-order valence-corrected chi connectivity index (χ1v) is 10.6. The lowest BCUT2D eigenvalue weighted by atomic mass is 9.90. The van der Waals surface area contributed by atoms with Gasteiger partial charge in [-0.25, -0.2) is 0 Å². The molecule has 0 amide bonds. The Kier molecular flexibility index (Phi) is 6.06. The third kappa shape index (κ3) is 4.06. The Morgan fingerprint density at radius 2 is 1.97 bits per heavy atom. The molecule has 3 N–H and O–H groups in total. The van der Waals surface area contributed by atoms with Crippen LogP contribution in [0.25, 0.3) is 10.9 Å². The molecular weight excluding hydrogens is 378 g/mol. The number of hydrogen-bond donors (Lipinski definition) is 3. The molecular formula is C24H29N3O3. The predicted octanol–water partition coefficient (Wildman–Crippen LogP) is 3.58. The predicted molar refractivity (Wildman–Crippen MR) is 118 cm³/mol. The zero-order valence-corrected chi connectivity index (χ0v) is 17.5. The van der Waals surface area contributed by atoms with Gasteiger partial charge < -0.3 is 19.7 Å². The maximum absolute atomic E-state index is 11.8. The van der Waals surface area contributed by atoms with Gasteiger partial charge in [-0.1, -0.05) is 44.2 Å². The van der Waals surface area contributed by atoms with Crippen LogP contribution < -0.4 is 10.1 Å². The maximum atomic E-state index is 11.8. The Morgan fingerprint density at radius 1 is 1.17 bits per heavy atom. The lowest BCUT2D eigenvalue weighted by Crippen LogP contribution is -2.44. The van der Waals surface area contributed by atoms with E-state index in [1.807, 2.05) is 42.5 Å². The van der Waals surface area contributed by atoms with Crippen LogP contribution in [0.2, 0.25) is 0 Å². The van der Waals surface area contributed by atoms with Gasteiger partial charge in [0, 0.05) is 29.6 Å². The van der Waals surface area contributed by atoms with Crippen molar-refractivity contribution in [3.8, 4) is 5.75 Å². The average Bonchev–Trinajstić information content (AvgIpc) is 3.15. The van der Waals surface area contributed by atoms with Gasteiger partial charge in [-0.3, -0.25) is 10.1 Å². The summed E-state index contributed by atoms with van der Waals surface area (Å²) >= 11 is 0. The maximum Gasteiger partial charge on any atom is 0.321 e. The molecule has 0 fully saturated rings. The molecule has 158 valence electrons. The Hall–Kier alpha value is -2.83. The van der Waals surface area contributed by atoms with Crippen LogP contribution >= 0.6 is 0 Å². The molecule has 2 atom stereocenters. The minimum absolute atomic E-state index is 0.228. The fraction of sp³-hybridized carbons (Fsp3) is 0.375. The van der Waals surface area contributed by atoms with Crippen LogP contribution in [0.4, 0.5) is 0 Å². The largest absolute Gasteiger partial charge is 0.492 e. The van der Waals surface area contributed by atoms with Crippen molar-refractivity contribution in [2.24, 2.45) is 0 Å². The van der Waals surface area contributed by atoms with Crippen LogP contribution in [0.5, 0.6) is 5.75 Å². The molecule has 0 bridgehead atoms. The van der Waals surface area contributed by atoms with Crippen molar-refractivity contribution in [1.82, 2.24) is 15.2 Å². The van der Waals surface area contributed by atoms with E-state index in [0.29, 0.717) is 13.0 Å². The number of aromatic nitrogens is 1. The van der Waals surface area contributed by atoms with Gasteiger partial charge in [0.2, 0.25) is 0 Å². The van der Waals surface area contributed by atoms with Gasteiger partial charge in [0.15, 0.2) is 0 Å². The number of H-pyrrole nitrogens is 1. The van der Waals surface area contributed by atoms with E-state index >= 15 is 0 Å². The van der Waals surface area contributed by atoms with E-state index in [0.717, 1.165) is 53.1 Å². The van der Waals surface area contributed by atoms with Crippen LogP contribution in [-0.2, 0) is 11.2 Å². The zero-order chi connectivity index (χ0) is 21.1. The number of carboxylic acids is 1. The monoisotopic (exact) mass is 407 g/mol. The van der Waals surface area contributed by atoms with Crippen molar-refractivity contribution in [1.29, 1.82) is 0 Å². The van der Waals surface area contributed by atoms with Crippen LogP contribution in [0.1, 0.15) is 36.7 Å². The molecule has 0 spiro atoms. The van der Waals surface area contributed by atoms with Gasteiger partial charge in [0.05, 0.1) is 6.04 Å². The molecule has 0 aliphatic carbocycles. The second-order valence-electron chi connectivity index (χ2n) is 7.71. The summed E-state index contributed by atoms with van der Waals surface area (Å²) in [5.74, 6) is -0.0286. The van der Waals surface area contributed by atoms with E-state index < -0.39 is 12.0 Å². The smallest absolute Gasteiger partial charge is 0.321 e. The van der Waals surface area contributed by atoms with E-state index in [1.165, 1.54) is 0 Å². The summed E-state index contributed by atoms with van der Waals surface area (Å²) in [6.07, 6.45) is 0.464. The highest BCUT2D eigenvalue weighted by molar-refractivity contribution is 5.87. The Bertz CT molecular complexity index is 1030. The SMILES string of the molecule is CCN(CC)CCOc1cccc(C2NC(C(=O)O)Cc3c2[nH]c2ccccc32)c1. The topological polar surface area (TPSA) is 77.6 Å². The molecule has 1 aliphatic heterocycles. The zero-order valence-electron chi connectivity index (χ0n) is 17.5. The highest BCUT2D eigenvalue weighted by Crippen LogP contribution is 2.36. The summed E-state index contributed by atoms with van der Waals surface area (Å²) in [5, 5.41) is 14.1. The standard InChI is InChI=1S/C24H29N3O3/c1-3-27(4-2)12-13-30-17-9-7-8-16(14-17)22-23-19(15-21(26-22)24(28)29)18-10-5-6-11-20(18)25-23/h5-11,14,21-22,25-26H,3-4,12-13,15H2,1-2H3,(H,28,29). The van der Waals surface area contributed by atoms with Gasteiger partial charge in [-0.15, -0.1) is 0 Å². The van der Waals surface area contributed by atoms with Crippen molar-refractivity contribution in [3.05, 3.63) is 65.4 Å². The number of para-hydroxylation sites is 1. The van der Waals surface area contributed by atoms with Gasteiger partial charge in [-0.2, -0.15) is 0 Å². The fourth-order valence-electron chi connectivity index (χ4n) is 4.27. The number of aromatic amines is 1. The number of nitrogens with zero attached hydrogens (tertiary/aromatic N) is 1. The molecule has 2 aromatic carbocycles. The van der Waals surface area contributed by atoms with Gasteiger partial charge in [-0.05, 0) is 42.4 Å². The highest BCUT2D eigenvalue weighted by Gasteiger charge is 2.33. The number of fused-ring (bicyclic) bond motifs is 3. The molecule has 1 aliphatic rings. The van der Waals surface area contributed by atoms with Crippen LogP contribution in [0.15, 0.2) is 48.5 Å². The fourth-order valence-corrected chi connectivity index (χ4v) is 4.27. The summed E-state index contributed by atoms with van der Waals surface area (Å²) < 4.78 is 6.00. The Labute approximate surface area is 176 Å². The number of nitrogens with one attached hydrogen (secondary N) is 2. The van der Waals surface area contributed by atoms with Crippen molar-refractivity contribution in [2.75, 3.05) is 26.2 Å². The molecule has 3 aromatic rings. The first-order chi connectivity index (χ1) is 14.6. The van der Waals surface area contributed by atoms with E-state index in [-0.39, 0.29) is 6.04 Å². The molecule has 2 heterocycles. The summed E-state index contributed by atoms with van der Waals surface area (Å²) in [7, 11) is 0. The summed E-state index contributed by atoms with van der Waals surface area (Å²) in [4.78, 5) is 17.7.